The quantitative estimate of drug-likeness (QED) is 0.766. The normalized spacial score (nSPS) is 21.3. The Morgan fingerprint density at radius 3 is 2.53 bits per heavy atom. The molecule has 1 aromatic carbocycles. The fourth-order valence-corrected chi connectivity index (χ4v) is 3.47. The molecule has 1 saturated heterocycles. The van der Waals surface area contributed by atoms with Crippen LogP contribution in [-0.2, 0) is 6.42 Å². The summed E-state index contributed by atoms with van der Waals surface area (Å²) in [6.07, 6.45) is 3.92. The first-order valence-corrected chi connectivity index (χ1v) is 7.74. The maximum atomic E-state index is 2.70. The number of likely N-dealkylation sites (tertiary alicyclic amines) is 1. The Morgan fingerprint density at radius 1 is 1.21 bits per heavy atom. The van der Waals surface area contributed by atoms with Gasteiger partial charge in [0.05, 0.1) is 0 Å². The minimum Gasteiger partial charge on any atom is -0.295 e. The number of nitrogens with zero attached hydrogens (tertiary/aromatic N) is 1. The van der Waals surface area contributed by atoms with Gasteiger partial charge >= 0.3 is 0 Å². The third-order valence-corrected chi connectivity index (χ3v) is 4.37. The maximum absolute atomic E-state index is 2.70. The van der Waals surface area contributed by atoms with E-state index in [0.29, 0.717) is 11.5 Å². The summed E-state index contributed by atoms with van der Waals surface area (Å²) in [5, 5.41) is 0. The van der Waals surface area contributed by atoms with Gasteiger partial charge in [0, 0.05) is 11.6 Å². The second kappa shape index (κ2) is 5.66. The molecular weight excluding hydrogens is 230 g/mol. The van der Waals surface area contributed by atoms with E-state index >= 15 is 0 Å². The summed E-state index contributed by atoms with van der Waals surface area (Å²) in [7, 11) is 0. The van der Waals surface area contributed by atoms with Crippen molar-refractivity contribution in [3.05, 3.63) is 35.4 Å². The van der Waals surface area contributed by atoms with Crippen LogP contribution >= 0.6 is 0 Å². The molecule has 0 saturated carbocycles. The number of hydrogen-bond donors (Lipinski definition) is 0. The Kier molecular flexibility index (Phi) is 4.35. The summed E-state index contributed by atoms with van der Waals surface area (Å²) in [4.78, 5) is 2.70. The van der Waals surface area contributed by atoms with Crippen LogP contribution in [0.3, 0.4) is 0 Å². The molecule has 1 heterocycles. The zero-order valence-corrected chi connectivity index (χ0v) is 13.2. The van der Waals surface area contributed by atoms with Gasteiger partial charge in [0.2, 0.25) is 0 Å². The lowest BCUT2D eigenvalue weighted by Gasteiger charge is -2.37. The number of rotatable bonds is 3. The molecule has 1 aliphatic rings. The molecule has 1 heteroatoms. The van der Waals surface area contributed by atoms with Crippen LogP contribution in [0.4, 0.5) is 0 Å². The molecule has 0 radical (unpaired) electrons. The molecule has 1 fully saturated rings. The fourth-order valence-electron chi connectivity index (χ4n) is 3.47. The van der Waals surface area contributed by atoms with Crippen LogP contribution in [0.5, 0.6) is 0 Å². The van der Waals surface area contributed by atoms with Gasteiger partial charge in [-0.3, -0.25) is 4.90 Å². The molecule has 106 valence electrons. The predicted molar refractivity (Wildman–Crippen MR) is 83.7 cm³/mol. The zero-order valence-electron chi connectivity index (χ0n) is 13.2. The van der Waals surface area contributed by atoms with Gasteiger partial charge in [-0.25, -0.2) is 0 Å². The number of hydrogen-bond acceptors (Lipinski definition) is 1. The highest BCUT2D eigenvalue weighted by atomic mass is 15.2. The van der Waals surface area contributed by atoms with Gasteiger partial charge in [-0.1, -0.05) is 38.1 Å². The lowest BCUT2D eigenvalue weighted by Crippen LogP contribution is -2.45. The van der Waals surface area contributed by atoms with Crippen molar-refractivity contribution in [2.45, 2.75) is 71.4 Å². The smallest absolute Gasteiger partial charge is 0.0141 e. The number of benzene rings is 1. The van der Waals surface area contributed by atoms with Crippen molar-refractivity contribution in [3.8, 4) is 0 Å². The van der Waals surface area contributed by atoms with E-state index in [1.54, 1.807) is 5.56 Å². The summed E-state index contributed by atoms with van der Waals surface area (Å²) < 4.78 is 0. The van der Waals surface area contributed by atoms with E-state index in [2.05, 4.69) is 63.8 Å². The van der Waals surface area contributed by atoms with Gasteiger partial charge in [-0.15, -0.1) is 0 Å². The third-order valence-electron chi connectivity index (χ3n) is 4.37. The van der Waals surface area contributed by atoms with Crippen LogP contribution in [0.2, 0.25) is 0 Å². The van der Waals surface area contributed by atoms with Crippen LogP contribution < -0.4 is 0 Å². The summed E-state index contributed by atoms with van der Waals surface area (Å²) in [5.41, 5.74) is 3.38. The van der Waals surface area contributed by atoms with Crippen LogP contribution in [0.25, 0.3) is 0 Å². The standard InChI is InChI=1S/C18H29N/c1-14(2)17-11-7-6-9-15(17)13-16-10-8-12-19(16)18(3,4)5/h6-7,9,11,14,16H,8,10,12-13H2,1-5H3. The summed E-state index contributed by atoms with van der Waals surface area (Å²) in [5.74, 6) is 0.626. The van der Waals surface area contributed by atoms with Gasteiger partial charge in [0.1, 0.15) is 0 Å². The van der Waals surface area contributed by atoms with Crippen LogP contribution in [0.1, 0.15) is 64.5 Å². The molecule has 1 aromatic rings. The maximum Gasteiger partial charge on any atom is 0.0141 e. The molecule has 0 amide bonds. The van der Waals surface area contributed by atoms with Crippen molar-refractivity contribution >= 4 is 0 Å². The summed E-state index contributed by atoms with van der Waals surface area (Å²) in [6, 6.07) is 9.72. The first kappa shape index (κ1) is 14.6. The highest BCUT2D eigenvalue weighted by Gasteiger charge is 2.32. The van der Waals surface area contributed by atoms with Crippen molar-refractivity contribution in [2.24, 2.45) is 0 Å². The van der Waals surface area contributed by atoms with E-state index in [-0.39, 0.29) is 0 Å². The van der Waals surface area contributed by atoms with Crippen LogP contribution in [0.15, 0.2) is 24.3 Å². The second-order valence-corrected chi connectivity index (χ2v) is 7.22. The zero-order chi connectivity index (χ0) is 14.0. The van der Waals surface area contributed by atoms with Crippen LogP contribution in [0, 0.1) is 0 Å². The Morgan fingerprint density at radius 2 is 1.89 bits per heavy atom. The molecule has 0 spiro atoms. The average Bonchev–Trinajstić information content (AvgIpc) is 2.77. The molecule has 1 aliphatic heterocycles. The van der Waals surface area contributed by atoms with Gasteiger partial charge in [-0.05, 0) is 63.6 Å². The Labute approximate surface area is 119 Å². The molecule has 1 nitrogen and oxygen atoms in total. The van der Waals surface area contributed by atoms with Gasteiger partial charge in [-0.2, -0.15) is 0 Å². The van der Waals surface area contributed by atoms with Crippen molar-refractivity contribution in [2.75, 3.05) is 6.54 Å². The molecule has 2 rings (SSSR count). The lowest BCUT2D eigenvalue weighted by molar-refractivity contribution is 0.121. The van der Waals surface area contributed by atoms with Crippen LogP contribution in [-0.4, -0.2) is 23.0 Å². The van der Waals surface area contributed by atoms with E-state index < -0.39 is 0 Å². The average molecular weight is 259 g/mol. The summed E-state index contributed by atoms with van der Waals surface area (Å²) >= 11 is 0. The van der Waals surface area contributed by atoms with Crippen molar-refractivity contribution in [1.82, 2.24) is 4.90 Å². The molecule has 0 bridgehead atoms. The summed E-state index contributed by atoms with van der Waals surface area (Å²) in [6.45, 7) is 12.9. The lowest BCUT2D eigenvalue weighted by atomic mass is 9.91. The molecule has 0 aromatic heterocycles. The molecule has 0 N–H and O–H groups in total. The Bertz CT molecular complexity index is 414. The molecule has 0 aliphatic carbocycles. The van der Waals surface area contributed by atoms with E-state index in [1.165, 1.54) is 31.4 Å². The van der Waals surface area contributed by atoms with Gasteiger partial charge in [0.25, 0.3) is 0 Å². The van der Waals surface area contributed by atoms with E-state index in [4.69, 9.17) is 0 Å². The predicted octanol–water partition coefficient (Wildman–Crippen LogP) is 4.62. The molecule has 1 unspecified atom stereocenters. The van der Waals surface area contributed by atoms with Gasteiger partial charge in [0.15, 0.2) is 0 Å². The highest BCUT2D eigenvalue weighted by Crippen LogP contribution is 2.30. The second-order valence-electron chi connectivity index (χ2n) is 7.22. The third kappa shape index (κ3) is 3.39. The fraction of sp³-hybridized carbons (Fsp3) is 0.667. The van der Waals surface area contributed by atoms with Gasteiger partial charge < -0.3 is 0 Å². The van der Waals surface area contributed by atoms with Crippen molar-refractivity contribution in [3.63, 3.8) is 0 Å². The highest BCUT2D eigenvalue weighted by molar-refractivity contribution is 5.30. The van der Waals surface area contributed by atoms with Crippen molar-refractivity contribution in [1.29, 1.82) is 0 Å². The molecule has 19 heavy (non-hydrogen) atoms. The van der Waals surface area contributed by atoms with E-state index in [9.17, 15) is 0 Å². The van der Waals surface area contributed by atoms with E-state index in [1.807, 2.05) is 0 Å². The molecule has 1 atom stereocenters. The first-order valence-electron chi connectivity index (χ1n) is 7.74. The minimum absolute atomic E-state index is 0.300. The Balaban J connectivity index is 2.17. The van der Waals surface area contributed by atoms with Crippen molar-refractivity contribution < 1.29 is 0 Å². The Hall–Kier alpha value is -0.820. The monoisotopic (exact) mass is 259 g/mol. The first-order chi connectivity index (χ1) is 8.89. The largest absolute Gasteiger partial charge is 0.295 e. The van der Waals surface area contributed by atoms with E-state index in [0.717, 1.165) is 6.04 Å². The molecular formula is C18H29N. The minimum atomic E-state index is 0.300. The topological polar surface area (TPSA) is 3.24 Å². The SMILES string of the molecule is CC(C)c1ccccc1CC1CCCN1C(C)(C)C.